The van der Waals surface area contributed by atoms with Crippen LogP contribution < -0.4 is 5.73 Å². The van der Waals surface area contributed by atoms with Gasteiger partial charge in [-0.2, -0.15) is 0 Å². The van der Waals surface area contributed by atoms with Gasteiger partial charge < -0.3 is 14.9 Å². The first kappa shape index (κ1) is 25.1. The second-order valence-electron chi connectivity index (χ2n) is 7.04. The van der Waals surface area contributed by atoms with Crippen LogP contribution in [-0.4, -0.2) is 35.1 Å². The van der Waals surface area contributed by atoms with Gasteiger partial charge in [-0.1, -0.05) is 70.4 Å². The van der Waals surface area contributed by atoms with Crippen LogP contribution >= 0.6 is 0 Å². The zero-order chi connectivity index (χ0) is 19.5. The zero-order valence-corrected chi connectivity index (χ0v) is 16.7. The average Bonchev–Trinajstić information content (AvgIpc) is 2.64. The summed E-state index contributed by atoms with van der Waals surface area (Å²) in [5, 5.41) is 17.9. The molecule has 4 N–H and O–H groups in total. The van der Waals surface area contributed by atoms with Crippen molar-refractivity contribution in [2.24, 2.45) is 5.73 Å². The van der Waals surface area contributed by atoms with Crippen molar-refractivity contribution in [2.75, 3.05) is 6.61 Å². The molecule has 0 aliphatic rings. The van der Waals surface area contributed by atoms with Crippen LogP contribution in [0.4, 0.5) is 0 Å². The first-order valence-electron chi connectivity index (χ1n) is 10.5. The zero-order valence-electron chi connectivity index (χ0n) is 16.7. The molecule has 0 unspecified atom stereocenters. The van der Waals surface area contributed by atoms with Gasteiger partial charge in [0.05, 0.1) is 6.61 Å². The summed E-state index contributed by atoms with van der Waals surface area (Å²) in [6.07, 6.45) is 18.3. The number of aliphatic hydroxyl groups is 2. The molecule has 5 nitrogen and oxygen atoms in total. The van der Waals surface area contributed by atoms with E-state index in [1.165, 1.54) is 57.8 Å². The number of aliphatic hydroxyl groups excluding tert-OH is 2. The standard InChI is InChI=1S/C21H41NO4/c1-2-3-4-5-6-7-8-9-10-11-12-13-14-15-16-17-20(25)26-21(22)19(24)18-23/h9-10,19,21,23-24H,2-8,11-18,22H2,1H3/b10-9-/t19-,21+/m1/s1. The predicted octanol–water partition coefficient (Wildman–Crippen LogP) is 4.21. The topological polar surface area (TPSA) is 92.8 Å². The molecule has 0 saturated carbocycles. The molecular weight excluding hydrogens is 330 g/mol. The van der Waals surface area contributed by atoms with E-state index in [0.29, 0.717) is 6.42 Å². The fraction of sp³-hybridized carbons (Fsp3) is 0.857. The van der Waals surface area contributed by atoms with Gasteiger partial charge in [0.2, 0.25) is 0 Å². The monoisotopic (exact) mass is 371 g/mol. The van der Waals surface area contributed by atoms with Gasteiger partial charge in [0.25, 0.3) is 0 Å². The summed E-state index contributed by atoms with van der Waals surface area (Å²) < 4.78 is 4.84. The maximum atomic E-state index is 11.5. The Morgan fingerprint density at radius 2 is 1.42 bits per heavy atom. The van der Waals surface area contributed by atoms with Gasteiger partial charge in [0, 0.05) is 6.42 Å². The van der Waals surface area contributed by atoms with Crippen LogP contribution in [0.25, 0.3) is 0 Å². The number of hydrogen-bond donors (Lipinski definition) is 3. The first-order chi connectivity index (χ1) is 12.6. The summed E-state index contributed by atoms with van der Waals surface area (Å²) in [7, 11) is 0. The maximum Gasteiger partial charge on any atom is 0.307 e. The quantitative estimate of drug-likeness (QED) is 0.145. The van der Waals surface area contributed by atoms with E-state index in [9.17, 15) is 9.90 Å². The molecule has 0 amide bonds. The molecule has 0 aliphatic heterocycles. The van der Waals surface area contributed by atoms with Crippen molar-refractivity contribution in [2.45, 2.75) is 109 Å². The van der Waals surface area contributed by atoms with Gasteiger partial charge in [-0.05, 0) is 32.1 Å². The summed E-state index contributed by atoms with van der Waals surface area (Å²) in [5.41, 5.74) is 5.43. The molecule has 0 aromatic heterocycles. The fourth-order valence-electron chi connectivity index (χ4n) is 2.73. The molecule has 154 valence electrons. The Kier molecular flexibility index (Phi) is 18.2. The van der Waals surface area contributed by atoms with E-state index in [4.69, 9.17) is 15.6 Å². The Hall–Kier alpha value is -0.910. The normalized spacial score (nSPS) is 13.8. The van der Waals surface area contributed by atoms with Crippen LogP contribution in [0.5, 0.6) is 0 Å². The second-order valence-corrected chi connectivity index (χ2v) is 7.04. The maximum absolute atomic E-state index is 11.5. The van der Waals surface area contributed by atoms with Crippen molar-refractivity contribution in [1.82, 2.24) is 0 Å². The third-order valence-corrected chi connectivity index (χ3v) is 4.48. The van der Waals surface area contributed by atoms with Crippen molar-refractivity contribution in [3.63, 3.8) is 0 Å². The Morgan fingerprint density at radius 1 is 0.923 bits per heavy atom. The molecule has 5 heteroatoms. The van der Waals surface area contributed by atoms with Crippen molar-refractivity contribution in [3.05, 3.63) is 12.2 Å². The van der Waals surface area contributed by atoms with Crippen LogP contribution in [0.1, 0.15) is 96.8 Å². The molecule has 0 aromatic carbocycles. The van der Waals surface area contributed by atoms with Crippen molar-refractivity contribution < 1.29 is 19.7 Å². The lowest BCUT2D eigenvalue weighted by molar-refractivity contribution is -0.156. The number of esters is 1. The molecule has 0 heterocycles. The minimum absolute atomic E-state index is 0.310. The Balaban J connectivity index is 3.33. The van der Waals surface area contributed by atoms with Gasteiger partial charge in [-0.3, -0.25) is 10.5 Å². The van der Waals surface area contributed by atoms with E-state index in [-0.39, 0.29) is 0 Å². The van der Waals surface area contributed by atoms with Gasteiger partial charge in [0.15, 0.2) is 6.23 Å². The minimum atomic E-state index is -1.21. The lowest BCUT2D eigenvalue weighted by Crippen LogP contribution is -2.41. The summed E-state index contributed by atoms with van der Waals surface area (Å²) in [6, 6.07) is 0. The van der Waals surface area contributed by atoms with Gasteiger partial charge in [0.1, 0.15) is 6.10 Å². The van der Waals surface area contributed by atoms with Gasteiger partial charge >= 0.3 is 5.97 Å². The largest absolute Gasteiger partial charge is 0.444 e. The van der Waals surface area contributed by atoms with Crippen LogP contribution in [0, 0.1) is 0 Å². The second kappa shape index (κ2) is 18.9. The number of nitrogens with two attached hydrogens (primary N) is 1. The lowest BCUT2D eigenvalue weighted by Gasteiger charge is -2.16. The molecule has 0 aromatic rings. The molecule has 0 radical (unpaired) electrons. The summed E-state index contributed by atoms with van der Waals surface area (Å²) in [6.45, 7) is 1.74. The van der Waals surface area contributed by atoms with Crippen molar-refractivity contribution >= 4 is 5.97 Å². The number of rotatable bonds is 18. The fourth-order valence-corrected chi connectivity index (χ4v) is 2.73. The van der Waals surface area contributed by atoms with Crippen molar-refractivity contribution in [1.29, 1.82) is 0 Å². The molecule has 0 rings (SSSR count). The summed E-state index contributed by atoms with van der Waals surface area (Å²) in [4.78, 5) is 11.5. The van der Waals surface area contributed by atoms with Gasteiger partial charge in [-0.15, -0.1) is 0 Å². The third-order valence-electron chi connectivity index (χ3n) is 4.48. The number of allylic oxidation sites excluding steroid dienone is 2. The first-order valence-corrected chi connectivity index (χ1v) is 10.5. The summed E-state index contributed by atoms with van der Waals surface area (Å²) >= 11 is 0. The van der Waals surface area contributed by atoms with E-state index >= 15 is 0 Å². The van der Waals surface area contributed by atoms with Crippen LogP contribution in [0.2, 0.25) is 0 Å². The van der Waals surface area contributed by atoms with Crippen LogP contribution in [0.3, 0.4) is 0 Å². The Bertz CT molecular complexity index is 347. The molecule has 0 spiro atoms. The smallest absolute Gasteiger partial charge is 0.307 e. The molecule has 2 atom stereocenters. The molecule has 0 bridgehead atoms. The minimum Gasteiger partial charge on any atom is -0.444 e. The Morgan fingerprint density at radius 3 is 1.96 bits per heavy atom. The molecule has 0 saturated heterocycles. The molecular formula is C21H41NO4. The number of carbonyl (C=O) groups is 1. The van der Waals surface area contributed by atoms with Crippen molar-refractivity contribution in [3.8, 4) is 0 Å². The van der Waals surface area contributed by atoms with E-state index in [0.717, 1.165) is 25.7 Å². The number of unbranched alkanes of at least 4 members (excludes halogenated alkanes) is 11. The van der Waals surface area contributed by atoms with Crippen LogP contribution in [-0.2, 0) is 9.53 Å². The number of hydrogen-bond acceptors (Lipinski definition) is 5. The molecule has 0 fully saturated rings. The highest BCUT2D eigenvalue weighted by Crippen LogP contribution is 2.10. The molecule has 0 aliphatic carbocycles. The molecule has 26 heavy (non-hydrogen) atoms. The highest BCUT2D eigenvalue weighted by Gasteiger charge is 2.17. The van der Waals surface area contributed by atoms with E-state index in [2.05, 4.69) is 19.1 Å². The average molecular weight is 372 g/mol. The Labute approximate surface area is 160 Å². The predicted molar refractivity (Wildman–Crippen MR) is 107 cm³/mol. The summed E-state index contributed by atoms with van der Waals surface area (Å²) in [5.74, 6) is -0.414. The number of ether oxygens (including phenoxy) is 1. The van der Waals surface area contributed by atoms with Crippen LogP contribution in [0.15, 0.2) is 12.2 Å². The van der Waals surface area contributed by atoms with E-state index < -0.39 is 24.9 Å². The highest BCUT2D eigenvalue weighted by atomic mass is 16.6. The highest BCUT2D eigenvalue weighted by molar-refractivity contribution is 5.69. The lowest BCUT2D eigenvalue weighted by atomic mass is 10.1. The van der Waals surface area contributed by atoms with E-state index in [1.807, 2.05) is 0 Å². The SMILES string of the molecule is CCCCCCCC/C=C\CCCCCCCC(=O)O[C@H](N)[C@H](O)CO. The van der Waals surface area contributed by atoms with Gasteiger partial charge in [-0.25, -0.2) is 0 Å². The third kappa shape index (κ3) is 16.6. The van der Waals surface area contributed by atoms with E-state index in [1.54, 1.807) is 0 Å². The number of carbonyl (C=O) groups excluding carboxylic acids is 1.